The summed E-state index contributed by atoms with van der Waals surface area (Å²) < 4.78 is 0. The van der Waals surface area contributed by atoms with E-state index in [0.717, 1.165) is 11.4 Å². The molecular formula is C16H16BrN5O2S2. The Kier molecular flexibility index (Phi) is 6.83. The summed E-state index contributed by atoms with van der Waals surface area (Å²) in [4.78, 5) is 32.3. The number of amides is 2. The molecule has 2 aromatic heterocycles. The maximum atomic E-state index is 12.3. The van der Waals surface area contributed by atoms with Crippen molar-refractivity contribution in [2.75, 3.05) is 16.0 Å². The molecular weight excluding hydrogens is 438 g/mol. The molecule has 0 spiro atoms. The number of hydrogen-bond donors (Lipinski definition) is 3. The van der Waals surface area contributed by atoms with Crippen LogP contribution in [-0.4, -0.2) is 21.8 Å². The number of aromatic nitrogens is 2. The van der Waals surface area contributed by atoms with E-state index in [9.17, 15) is 9.59 Å². The van der Waals surface area contributed by atoms with Gasteiger partial charge in [-0.3, -0.25) is 14.9 Å². The van der Waals surface area contributed by atoms with Crippen molar-refractivity contribution in [3.8, 4) is 0 Å². The summed E-state index contributed by atoms with van der Waals surface area (Å²) in [6, 6.07) is 7.25. The van der Waals surface area contributed by atoms with E-state index in [1.54, 1.807) is 30.6 Å². The van der Waals surface area contributed by atoms with E-state index in [0.29, 0.717) is 20.8 Å². The highest BCUT2D eigenvalue weighted by molar-refractivity contribution is 8.93. The van der Waals surface area contributed by atoms with Crippen LogP contribution in [0.1, 0.15) is 22.3 Å². The van der Waals surface area contributed by atoms with Crippen molar-refractivity contribution in [3.63, 3.8) is 0 Å². The zero-order valence-electron chi connectivity index (χ0n) is 13.9. The second-order valence-electron chi connectivity index (χ2n) is 5.11. The van der Waals surface area contributed by atoms with Gasteiger partial charge in [-0.25, -0.2) is 9.97 Å². The normalized spacial score (nSPS) is 9.92. The van der Waals surface area contributed by atoms with Crippen LogP contribution in [0.15, 0.2) is 35.8 Å². The van der Waals surface area contributed by atoms with Crippen LogP contribution in [0.2, 0.25) is 0 Å². The van der Waals surface area contributed by atoms with Crippen LogP contribution in [-0.2, 0) is 4.79 Å². The predicted molar refractivity (Wildman–Crippen MR) is 111 cm³/mol. The fourth-order valence-electron chi connectivity index (χ4n) is 2.06. The van der Waals surface area contributed by atoms with Crippen molar-refractivity contribution in [2.45, 2.75) is 13.8 Å². The minimum absolute atomic E-state index is 0. The summed E-state index contributed by atoms with van der Waals surface area (Å²) in [6.07, 6.45) is 1.64. The van der Waals surface area contributed by atoms with Gasteiger partial charge >= 0.3 is 0 Å². The standard InChI is InChI=1S/C16H15N5O2S2.BrH/c1-9-13(14(23)21-15-17-7-8-24-15)25-16(18-9)20-12-5-3-11(4-6-12)19-10(2)22;/h3-8H,1-2H3,(H,18,20)(H,19,22)(H,17,21,23);1H. The van der Waals surface area contributed by atoms with Gasteiger partial charge in [-0.05, 0) is 31.2 Å². The predicted octanol–water partition coefficient (Wildman–Crippen LogP) is 4.44. The third-order valence-corrected chi connectivity index (χ3v) is 4.87. The van der Waals surface area contributed by atoms with Crippen molar-refractivity contribution in [2.24, 2.45) is 0 Å². The molecule has 0 bridgehead atoms. The lowest BCUT2D eigenvalue weighted by Gasteiger charge is -2.05. The van der Waals surface area contributed by atoms with Crippen LogP contribution in [0.25, 0.3) is 0 Å². The molecule has 1 aromatic carbocycles. The number of carbonyl (C=O) groups excluding carboxylic acids is 2. The topological polar surface area (TPSA) is 96.0 Å². The average molecular weight is 454 g/mol. The summed E-state index contributed by atoms with van der Waals surface area (Å²) in [6.45, 7) is 3.25. The van der Waals surface area contributed by atoms with E-state index in [1.807, 2.05) is 12.1 Å². The first-order valence-electron chi connectivity index (χ1n) is 7.34. The molecule has 3 N–H and O–H groups in total. The Labute approximate surface area is 168 Å². The number of carbonyl (C=O) groups is 2. The Morgan fingerprint density at radius 3 is 2.35 bits per heavy atom. The Morgan fingerprint density at radius 2 is 1.73 bits per heavy atom. The number of nitrogens with one attached hydrogen (secondary N) is 3. The number of benzene rings is 1. The van der Waals surface area contributed by atoms with Crippen LogP contribution >= 0.6 is 39.7 Å². The first kappa shape index (κ1) is 20.0. The van der Waals surface area contributed by atoms with Gasteiger partial charge in [0.25, 0.3) is 5.91 Å². The Bertz CT molecular complexity index is 894. The van der Waals surface area contributed by atoms with Gasteiger partial charge in [0.05, 0.1) is 5.69 Å². The molecule has 0 fully saturated rings. The van der Waals surface area contributed by atoms with E-state index in [-0.39, 0.29) is 28.8 Å². The lowest BCUT2D eigenvalue weighted by molar-refractivity contribution is -0.114. The molecule has 0 atom stereocenters. The summed E-state index contributed by atoms with van der Waals surface area (Å²) in [5.41, 5.74) is 2.18. The zero-order chi connectivity index (χ0) is 17.8. The molecule has 2 amide bonds. The van der Waals surface area contributed by atoms with Gasteiger partial charge in [-0.15, -0.1) is 28.3 Å². The molecule has 0 aliphatic rings. The van der Waals surface area contributed by atoms with E-state index in [1.165, 1.54) is 29.6 Å². The van der Waals surface area contributed by atoms with E-state index >= 15 is 0 Å². The average Bonchev–Trinajstić information content (AvgIpc) is 3.18. The maximum Gasteiger partial charge on any atom is 0.269 e. The lowest BCUT2D eigenvalue weighted by Crippen LogP contribution is -2.11. The highest BCUT2D eigenvalue weighted by Crippen LogP contribution is 2.27. The van der Waals surface area contributed by atoms with Crippen molar-refractivity contribution < 1.29 is 9.59 Å². The highest BCUT2D eigenvalue weighted by atomic mass is 79.9. The number of nitrogens with zero attached hydrogens (tertiary/aromatic N) is 2. The number of rotatable bonds is 5. The third-order valence-electron chi connectivity index (χ3n) is 3.11. The van der Waals surface area contributed by atoms with Crippen molar-refractivity contribution in [1.29, 1.82) is 0 Å². The van der Waals surface area contributed by atoms with Crippen molar-refractivity contribution in [1.82, 2.24) is 9.97 Å². The zero-order valence-corrected chi connectivity index (χ0v) is 17.2. The number of halogens is 1. The fourth-order valence-corrected chi connectivity index (χ4v) is 3.47. The number of thiazole rings is 2. The Hall–Kier alpha value is -2.30. The first-order valence-corrected chi connectivity index (χ1v) is 9.04. The Balaban J connectivity index is 0.00000243. The second kappa shape index (κ2) is 8.88. The molecule has 0 aliphatic carbocycles. The van der Waals surface area contributed by atoms with Gasteiger partial charge in [-0.1, -0.05) is 11.3 Å². The lowest BCUT2D eigenvalue weighted by atomic mass is 10.3. The molecule has 3 rings (SSSR count). The monoisotopic (exact) mass is 453 g/mol. The quantitative estimate of drug-likeness (QED) is 0.530. The van der Waals surface area contributed by atoms with Gasteiger partial charge < -0.3 is 10.6 Å². The van der Waals surface area contributed by atoms with Crippen LogP contribution in [0, 0.1) is 6.92 Å². The summed E-state index contributed by atoms with van der Waals surface area (Å²) in [5, 5.41) is 11.6. The van der Waals surface area contributed by atoms with Gasteiger partial charge in [0, 0.05) is 29.9 Å². The first-order chi connectivity index (χ1) is 12.0. The van der Waals surface area contributed by atoms with Gasteiger partial charge in [0.1, 0.15) is 4.88 Å². The third kappa shape index (κ3) is 5.10. The molecule has 0 aliphatic heterocycles. The van der Waals surface area contributed by atoms with Gasteiger partial charge in [0.2, 0.25) is 5.91 Å². The molecule has 0 saturated heterocycles. The van der Waals surface area contributed by atoms with E-state index in [2.05, 4.69) is 25.9 Å². The van der Waals surface area contributed by atoms with Gasteiger partial charge in [-0.2, -0.15) is 0 Å². The molecule has 10 heteroatoms. The van der Waals surface area contributed by atoms with Crippen LogP contribution < -0.4 is 16.0 Å². The number of hydrogen-bond acceptors (Lipinski definition) is 7. The highest BCUT2D eigenvalue weighted by Gasteiger charge is 2.16. The van der Waals surface area contributed by atoms with Crippen molar-refractivity contribution >= 4 is 73.1 Å². The van der Waals surface area contributed by atoms with Crippen LogP contribution in [0.4, 0.5) is 21.6 Å². The SMILES string of the molecule is Br.CC(=O)Nc1ccc(Nc2nc(C)c(C(=O)Nc3nccs3)s2)cc1. The molecule has 0 saturated carbocycles. The van der Waals surface area contributed by atoms with Crippen molar-refractivity contribution in [3.05, 3.63) is 46.4 Å². The van der Waals surface area contributed by atoms with Crippen LogP contribution in [0.5, 0.6) is 0 Å². The molecule has 26 heavy (non-hydrogen) atoms. The fraction of sp³-hybridized carbons (Fsp3) is 0.125. The summed E-state index contributed by atoms with van der Waals surface area (Å²) in [7, 11) is 0. The maximum absolute atomic E-state index is 12.3. The van der Waals surface area contributed by atoms with E-state index < -0.39 is 0 Å². The molecule has 136 valence electrons. The molecule has 2 heterocycles. The smallest absolute Gasteiger partial charge is 0.269 e. The largest absolute Gasteiger partial charge is 0.332 e. The van der Waals surface area contributed by atoms with Gasteiger partial charge in [0.15, 0.2) is 10.3 Å². The molecule has 7 nitrogen and oxygen atoms in total. The summed E-state index contributed by atoms with van der Waals surface area (Å²) in [5.74, 6) is -0.342. The minimum atomic E-state index is -0.223. The number of anilines is 4. The molecule has 3 aromatic rings. The number of aryl methyl sites for hydroxylation is 1. The van der Waals surface area contributed by atoms with E-state index in [4.69, 9.17) is 0 Å². The molecule has 0 radical (unpaired) electrons. The van der Waals surface area contributed by atoms with Crippen LogP contribution in [0.3, 0.4) is 0 Å². The Morgan fingerprint density at radius 1 is 1.04 bits per heavy atom. The second-order valence-corrected chi connectivity index (χ2v) is 7.00. The molecule has 0 unspecified atom stereocenters. The minimum Gasteiger partial charge on any atom is -0.332 e. The summed E-state index contributed by atoms with van der Waals surface area (Å²) >= 11 is 2.63.